The van der Waals surface area contributed by atoms with Crippen LogP contribution in [0.25, 0.3) is 29.4 Å². The van der Waals surface area contributed by atoms with Gasteiger partial charge in [-0.25, -0.2) is 9.97 Å². The molecule has 33 heavy (non-hydrogen) atoms. The van der Waals surface area contributed by atoms with E-state index in [1.165, 1.54) is 36.2 Å². The average Bonchev–Trinajstić information content (AvgIpc) is 3.43. The van der Waals surface area contributed by atoms with Gasteiger partial charge in [-0.15, -0.1) is 22.7 Å². The lowest BCUT2D eigenvalue weighted by Crippen LogP contribution is -2.07. The largest absolute Gasteiger partial charge is 0.222 e. The molecular weight excluding hydrogens is 595 g/mol. The predicted molar refractivity (Wildman–Crippen MR) is 160 cm³/mol. The SMILES string of the molecule is CC(C)=CCc1cc(C(C)(C)C)sc1-c1nc2sc(-c3sc(C(C)(C)C)cc3CI)nc2s1. The van der Waals surface area contributed by atoms with Crippen LogP contribution < -0.4 is 0 Å². The van der Waals surface area contributed by atoms with Crippen LogP contribution in [0.4, 0.5) is 0 Å². The molecule has 0 saturated heterocycles. The molecule has 0 aliphatic rings. The molecule has 0 aliphatic heterocycles. The first-order valence-electron chi connectivity index (χ1n) is 11.1. The monoisotopic (exact) mass is 626 g/mol. The van der Waals surface area contributed by atoms with E-state index in [4.69, 9.17) is 9.97 Å². The Kier molecular flexibility index (Phi) is 7.30. The Morgan fingerprint density at radius 2 is 1.24 bits per heavy atom. The van der Waals surface area contributed by atoms with Crippen molar-refractivity contribution in [3.05, 3.63) is 44.7 Å². The second-order valence-electron chi connectivity index (χ2n) is 10.7. The lowest BCUT2D eigenvalue weighted by Gasteiger charge is -2.15. The molecule has 0 N–H and O–H groups in total. The highest BCUT2D eigenvalue weighted by Crippen LogP contribution is 2.46. The molecule has 0 unspecified atom stereocenters. The first-order valence-corrected chi connectivity index (χ1v) is 15.9. The van der Waals surface area contributed by atoms with E-state index in [0.29, 0.717) is 0 Å². The zero-order chi connectivity index (χ0) is 24.1. The van der Waals surface area contributed by atoms with E-state index in [-0.39, 0.29) is 10.8 Å². The number of thiazole rings is 2. The van der Waals surface area contributed by atoms with Crippen LogP contribution in [-0.4, -0.2) is 9.97 Å². The summed E-state index contributed by atoms with van der Waals surface area (Å²) in [6.45, 7) is 18.1. The van der Waals surface area contributed by atoms with Crippen LogP contribution in [0.3, 0.4) is 0 Å². The molecule has 0 aliphatic carbocycles. The first kappa shape index (κ1) is 25.5. The van der Waals surface area contributed by atoms with E-state index in [1.54, 1.807) is 22.7 Å². The number of aromatic nitrogens is 2. The number of fused-ring (bicyclic) bond motifs is 1. The fourth-order valence-electron chi connectivity index (χ4n) is 3.36. The molecule has 0 aromatic carbocycles. The van der Waals surface area contributed by atoms with Crippen molar-refractivity contribution in [3.63, 3.8) is 0 Å². The molecular formula is C26H31IN2S4. The minimum Gasteiger partial charge on any atom is -0.222 e. The van der Waals surface area contributed by atoms with Crippen LogP contribution in [0, 0.1) is 0 Å². The summed E-state index contributed by atoms with van der Waals surface area (Å²) < 4.78 is 1.00. The van der Waals surface area contributed by atoms with Gasteiger partial charge in [-0.2, -0.15) is 0 Å². The van der Waals surface area contributed by atoms with Gasteiger partial charge in [0.15, 0.2) is 9.66 Å². The molecule has 176 valence electrons. The van der Waals surface area contributed by atoms with Gasteiger partial charge in [-0.3, -0.25) is 0 Å². The van der Waals surface area contributed by atoms with Crippen molar-refractivity contribution in [3.8, 4) is 19.8 Å². The summed E-state index contributed by atoms with van der Waals surface area (Å²) in [7, 11) is 0. The number of thiophene rings is 2. The third-order valence-electron chi connectivity index (χ3n) is 5.33. The van der Waals surface area contributed by atoms with E-state index in [2.05, 4.69) is 96.2 Å². The van der Waals surface area contributed by atoms with Crippen molar-refractivity contribution in [2.45, 2.75) is 77.1 Å². The molecule has 0 amide bonds. The molecule has 4 heterocycles. The van der Waals surface area contributed by atoms with E-state index in [0.717, 1.165) is 30.5 Å². The zero-order valence-electron chi connectivity index (χ0n) is 20.6. The smallest absolute Gasteiger partial charge is 0.155 e. The highest BCUT2D eigenvalue weighted by atomic mass is 127. The van der Waals surface area contributed by atoms with Gasteiger partial charge < -0.3 is 0 Å². The minimum atomic E-state index is 0.141. The van der Waals surface area contributed by atoms with Crippen LogP contribution >= 0.6 is 67.9 Å². The summed E-state index contributed by atoms with van der Waals surface area (Å²) in [5.41, 5.74) is 4.43. The molecule has 4 aromatic rings. The number of nitrogens with zero attached hydrogens (tertiary/aromatic N) is 2. The molecule has 0 atom stereocenters. The highest BCUT2D eigenvalue weighted by Gasteiger charge is 2.25. The quantitative estimate of drug-likeness (QED) is 0.125. The minimum absolute atomic E-state index is 0.141. The Bertz CT molecular complexity index is 1280. The van der Waals surface area contributed by atoms with Crippen molar-refractivity contribution in [1.82, 2.24) is 9.97 Å². The fourth-order valence-corrected chi connectivity index (χ4v) is 8.97. The molecule has 0 saturated carbocycles. The van der Waals surface area contributed by atoms with Crippen molar-refractivity contribution < 1.29 is 0 Å². The van der Waals surface area contributed by atoms with Crippen molar-refractivity contribution in [2.24, 2.45) is 0 Å². The Balaban J connectivity index is 1.75. The van der Waals surface area contributed by atoms with Gasteiger partial charge in [-0.05, 0) is 54.4 Å². The number of alkyl halides is 1. The van der Waals surface area contributed by atoms with Crippen LogP contribution in [-0.2, 0) is 21.7 Å². The van der Waals surface area contributed by atoms with Crippen LogP contribution in [0.5, 0.6) is 0 Å². The number of halogens is 1. The summed E-state index contributed by atoms with van der Waals surface area (Å²) in [5.74, 6) is 0. The molecule has 0 bridgehead atoms. The predicted octanol–water partition coefficient (Wildman–Crippen LogP) is 10.2. The maximum Gasteiger partial charge on any atom is 0.155 e. The third kappa shape index (κ3) is 5.47. The first-order chi connectivity index (χ1) is 15.4. The van der Waals surface area contributed by atoms with Crippen molar-refractivity contribution in [2.75, 3.05) is 0 Å². The Morgan fingerprint density at radius 3 is 1.67 bits per heavy atom. The van der Waals surface area contributed by atoms with E-state index < -0.39 is 0 Å². The van der Waals surface area contributed by atoms with Gasteiger partial charge in [0.1, 0.15) is 10.0 Å². The standard InChI is InChI=1S/C26H31IN2S4/c1-14(2)9-10-15-11-17(25(3,4)5)30-19(15)21-28-23-24(32-21)29-22(33-23)20-16(13-27)12-18(31-20)26(6,7)8/h9,11-12H,10,13H2,1-8H3. The van der Waals surface area contributed by atoms with Crippen LogP contribution in [0.2, 0.25) is 0 Å². The summed E-state index contributed by atoms with van der Waals surface area (Å²) in [6, 6.07) is 4.76. The normalized spacial score (nSPS) is 12.6. The van der Waals surface area contributed by atoms with Gasteiger partial charge in [0.05, 0.1) is 9.75 Å². The van der Waals surface area contributed by atoms with Gasteiger partial charge in [0.25, 0.3) is 0 Å². The van der Waals surface area contributed by atoms with Gasteiger partial charge in [-0.1, -0.05) is 98.5 Å². The van der Waals surface area contributed by atoms with Crippen LogP contribution in [0.15, 0.2) is 23.8 Å². The Labute approximate surface area is 227 Å². The van der Waals surface area contributed by atoms with Gasteiger partial charge in [0.2, 0.25) is 0 Å². The van der Waals surface area contributed by atoms with E-state index in [9.17, 15) is 0 Å². The lowest BCUT2D eigenvalue weighted by atomic mass is 9.93. The van der Waals surface area contributed by atoms with Crippen molar-refractivity contribution >= 4 is 77.6 Å². The molecule has 0 radical (unpaired) electrons. The number of hydrogen-bond acceptors (Lipinski definition) is 6. The number of allylic oxidation sites excluding steroid dienone is 2. The molecule has 4 rings (SSSR count). The molecule has 0 spiro atoms. The Morgan fingerprint density at radius 1 is 0.788 bits per heavy atom. The summed E-state index contributed by atoms with van der Waals surface area (Å²) in [4.78, 5) is 17.8. The second kappa shape index (κ2) is 9.45. The third-order valence-corrected chi connectivity index (χ3v) is 11.7. The van der Waals surface area contributed by atoms with Crippen LogP contribution in [0.1, 0.15) is 76.3 Å². The average molecular weight is 627 g/mol. The zero-order valence-corrected chi connectivity index (χ0v) is 26.0. The highest BCUT2D eigenvalue weighted by molar-refractivity contribution is 14.1. The van der Waals surface area contributed by atoms with Gasteiger partial charge in [0, 0.05) is 14.2 Å². The number of rotatable bonds is 5. The maximum absolute atomic E-state index is 5.09. The van der Waals surface area contributed by atoms with E-state index >= 15 is 0 Å². The Hall–Kier alpha value is -0.610. The fraction of sp³-hybridized carbons (Fsp3) is 0.462. The number of hydrogen-bond donors (Lipinski definition) is 0. The molecule has 2 nitrogen and oxygen atoms in total. The maximum atomic E-state index is 5.09. The summed E-state index contributed by atoms with van der Waals surface area (Å²) in [5, 5.41) is 2.23. The summed E-state index contributed by atoms with van der Waals surface area (Å²) >= 11 is 9.75. The molecule has 0 fully saturated rings. The topological polar surface area (TPSA) is 25.8 Å². The molecule has 7 heteroatoms. The van der Waals surface area contributed by atoms with Gasteiger partial charge >= 0.3 is 0 Å². The summed E-state index contributed by atoms with van der Waals surface area (Å²) in [6.07, 6.45) is 3.28. The molecule has 4 aromatic heterocycles. The lowest BCUT2D eigenvalue weighted by molar-refractivity contribution is 0.603. The second-order valence-corrected chi connectivity index (χ2v) is 15.5. The van der Waals surface area contributed by atoms with Crippen molar-refractivity contribution in [1.29, 1.82) is 0 Å². The van der Waals surface area contributed by atoms with E-state index in [1.807, 2.05) is 22.7 Å².